The standard InChI is InChI=1S/C18H24Cl2N2O.C2H2O4/c1-2-3-4-5-17(8-10-22-11-9-21-14-22)23-13-15-6-7-16(19)12-18(15)20;3-1(4)2(5)6/h6-7,9,11-12,14,17H,2-5,8,10,13H2,1H3;(H,3,4)(H,5,6). The lowest BCUT2D eigenvalue weighted by atomic mass is 10.1. The van der Waals surface area contributed by atoms with Crippen LogP contribution in [0.2, 0.25) is 10.0 Å². The normalized spacial score (nSPS) is 11.4. The predicted octanol–water partition coefficient (Wildman–Crippen LogP) is 4.90. The van der Waals surface area contributed by atoms with Crippen molar-refractivity contribution in [3.8, 4) is 0 Å². The third-order valence-corrected chi connectivity index (χ3v) is 4.66. The molecule has 1 aromatic carbocycles. The second-order valence-corrected chi connectivity index (χ2v) is 7.21. The van der Waals surface area contributed by atoms with E-state index in [1.54, 1.807) is 12.3 Å². The third kappa shape index (κ3) is 10.9. The van der Waals surface area contributed by atoms with Crippen LogP contribution < -0.4 is 0 Å². The van der Waals surface area contributed by atoms with Gasteiger partial charge in [-0.1, -0.05) is 55.5 Å². The van der Waals surface area contributed by atoms with Crippen molar-refractivity contribution in [3.63, 3.8) is 0 Å². The monoisotopic (exact) mass is 444 g/mol. The fourth-order valence-corrected chi connectivity index (χ4v) is 2.95. The zero-order chi connectivity index (χ0) is 21.6. The van der Waals surface area contributed by atoms with Crippen LogP contribution in [0, 0.1) is 0 Å². The van der Waals surface area contributed by atoms with E-state index in [4.69, 9.17) is 47.7 Å². The molecule has 1 unspecified atom stereocenters. The summed E-state index contributed by atoms with van der Waals surface area (Å²) in [4.78, 5) is 22.3. The number of carboxylic acid groups (broad SMARTS) is 2. The van der Waals surface area contributed by atoms with Crippen LogP contribution in [-0.4, -0.2) is 37.8 Å². The van der Waals surface area contributed by atoms with Gasteiger partial charge in [-0.05, 0) is 30.5 Å². The number of rotatable bonds is 10. The molecule has 0 amide bonds. The molecule has 29 heavy (non-hydrogen) atoms. The van der Waals surface area contributed by atoms with Crippen LogP contribution in [0.5, 0.6) is 0 Å². The van der Waals surface area contributed by atoms with Gasteiger partial charge in [-0.2, -0.15) is 0 Å². The molecule has 0 aliphatic carbocycles. The lowest BCUT2D eigenvalue weighted by Crippen LogP contribution is -2.16. The van der Waals surface area contributed by atoms with E-state index in [9.17, 15) is 0 Å². The summed E-state index contributed by atoms with van der Waals surface area (Å²) in [7, 11) is 0. The number of hydrogen-bond donors (Lipinski definition) is 2. The molecule has 2 rings (SSSR count). The molecular weight excluding hydrogens is 419 g/mol. The number of ether oxygens (including phenoxy) is 1. The highest BCUT2D eigenvalue weighted by molar-refractivity contribution is 6.35. The lowest BCUT2D eigenvalue weighted by molar-refractivity contribution is -0.159. The highest BCUT2D eigenvalue weighted by atomic mass is 35.5. The summed E-state index contributed by atoms with van der Waals surface area (Å²) in [5.41, 5.74) is 0.985. The Morgan fingerprint density at radius 3 is 2.45 bits per heavy atom. The molecule has 1 aromatic heterocycles. The minimum atomic E-state index is -1.82. The SMILES string of the molecule is CCCCCC(CCn1ccnc1)OCc1ccc(Cl)cc1Cl.O=C(O)C(=O)O. The number of imidazole rings is 1. The van der Waals surface area contributed by atoms with Gasteiger partial charge in [-0.15, -0.1) is 0 Å². The fraction of sp³-hybridized carbons (Fsp3) is 0.450. The lowest BCUT2D eigenvalue weighted by Gasteiger charge is -2.19. The van der Waals surface area contributed by atoms with Crippen LogP contribution in [0.3, 0.4) is 0 Å². The van der Waals surface area contributed by atoms with Gasteiger partial charge in [0.25, 0.3) is 0 Å². The summed E-state index contributed by atoms with van der Waals surface area (Å²) in [6, 6.07) is 5.55. The van der Waals surface area contributed by atoms with Gasteiger partial charge in [0.05, 0.1) is 19.0 Å². The molecule has 0 aliphatic heterocycles. The molecule has 0 bridgehead atoms. The smallest absolute Gasteiger partial charge is 0.414 e. The van der Waals surface area contributed by atoms with Gasteiger partial charge in [-0.3, -0.25) is 0 Å². The van der Waals surface area contributed by atoms with Gasteiger partial charge < -0.3 is 19.5 Å². The second-order valence-electron chi connectivity index (χ2n) is 6.36. The van der Waals surface area contributed by atoms with Crippen molar-refractivity contribution in [2.75, 3.05) is 0 Å². The molecule has 0 saturated heterocycles. The zero-order valence-electron chi connectivity index (χ0n) is 16.3. The van der Waals surface area contributed by atoms with Crippen LogP contribution in [0.25, 0.3) is 0 Å². The molecule has 2 aromatic rings. The molecule has 2 N–H and O–H groups in total. The maximum Gasteiger partial charge on any atom is 0.414 e. The van der Waals surface area contributed by atoms with Gasteiger partial charge in [-0.25, -0.2) is 14.6 Å². The number of carbonyl (C=O) groups is 2. The molecule has 0 spiro atoms. The van der Waals surface area contributed by atoms with Gasteiger partial charge in [0.15, 0.2) is 0 Å². The molecule has 9 heteroatoms. The number of aryl methyl sites for hydroxylation is 1. The number of hydrogen-bond acceptors (Lipinski definition) is 4. The largest absolute Gasteiger partial charge is 0.473 e. The first-order valence-corrected chi connectivity index (χ1v) is 10.1. The Morgan fingerprint density at radius 2 is 1.90 bits per heavy atom. The summed E-state index contributed by atoms with van der Waals surface area (Å²) in [5, 5.41) is 16.1. The van der Waals surface area contributed by atoms with Crippen LogP contribution in [0.4, 0.5) is 0 Å². The molecule has 7 nitrogen and oxygen atoms in total. The van der Waals surface area contributed by atoms with E-state index in [-0.39, 0.29) is 6.10 Å². The summed E-state index contributed by atoms with van der Waals surface area (Å²) in [6.45, 7) is 3.66. The number of halogens is 2. The number of benzene rings is 1. The van der Waals surface area contributed by atoms with Crippen molar-refractivity contribution in [2.45, 2.75) is 58.3 Å². The van der Waals surface area contributed by atoms with E-state index < -0.39 is 11.9 Å². The van der Waals surface area contributed by atoms with Gasteiger partial charge in [0, 0.05) is 29.0 Å². The minimum Gasteiger partial charge on any atom is -0.473 e. The van der Waals surface area contributed by atoms with E-state index in [1.165, 1.54) is 19.3 Å². The maximum absolute atomic E-state index is 9.10. The molecule has 0 radical (unpaired) electrons. The number of aromatic nitrogens is 2. The van der Waals surface area contributed by atoms with Crippen LogP contribution in [-0.2, 0) is 27.5 Å². The highest BCUT2D eigenvalue weighted by Crippen LogP contribution is 2.23. The Kier molecular flexibility index (Phi) is 12.0. The topological polar surface area (TPSA) is 102 Å². The summed E-state index contributed by atoms with van der Waals surface area (Å²) in [6.07, 6.45) is 11.6. The quantitative estimate of drug-likeness (QED) is 0.398. The van der Waals surface area contributed by atoms with Gasteiger partial charge in [0.2, 0.25) is 0 Å². The summed E-state index contributed by atoms with van der Waals surface area (Å²) in [5.74, 6) is -3.65. The first-order valence-electron chi connectivity index (χ1n) is 9.31. The Balaban J connectivity index is 0.000000612. The molecule has 0 saturated carbocycles. The van der Waals surface area contributed by atoms with Crippen molar-refractivity contribution < 1.29 is 24.5 Å². The molecule has 1 heterocycles. The van der Waals surface area contributed by atoms with Crippen LogP contribution in [0.1, 0.15) is 44.6 Å². The Labute approximate surface area is 180 Å². The maximum atomic E-state index is 9.10. The van der Waals surface area contributed by atoms with E-state index in [1.807, 2.05) is 24.7 Å². The van der Waals surface area contributed by atoms with Crippen molar-refractivity contribution >= 4 is 35.1 Å². The molecule has 160 valence electrons. The molecule has 0 fully saturated rings. The molecule has 1 atom stereocenters. The number of aliphatic carboxylic acids is 2. The summed E-state index contributed by atoms with van der Waals surface area (Å²) < 4.78 is 8.22. The van der Waals surface area contributed by atoms with E-state index in [2.05, 4.69) is 16.5 Å². The average Bonchev–Trinajstić information content (AvgIpc) is 3.19. The average molecular weight is 445 g/mol. The van der Waals surface area contributed by atoms with Gasteiger partial charge in [0.1, 0.15) is 0 Å². The Hall–Kier alpha value is -2.09. The second kappa shape index (κ2) is 14.0. The van der Waals surface area contributed by atoms with Crippen LogP contribution >= 0.6 is 23.2 Å². The van der Waals surface area contributed by atoms with Crippen LogP contribution in [0.15, 0.2) is 36.9 Å². The van der Waals surface area contributed by atoms with Gasteiger partial charge >= 0.3 is 11.9 Å². The van der Waals surface area contributed by atoms with Crippen molar-refractivity contribution in [1.82, 2.24) is 9.55 Å². The summed E-state index contributed by atoms with van der Waals surface area (Å²) >= 11 is 12.2. The Bertz CT molecular complexity index is 741. The first-order chi connectivity index (χ1) is 13.8. The van der Waals surface area contributed by atoms with Crippen molar-refractivity contribution in [1.29, 1.82) is 0 Å². The molecule has 0 aliphatic rings. The number of unbranched alkanes of at least 4 members (excludes halogenated alkanes) is 2. The minimum absolute atomic E-state index is 0.232. The number of nitrogens with zero attached hydrogens (tertiary/aromatic N) is 2. The number of carboxylic acids is 2. The van der Waals surface area contributed by atoms with E-state index in [0.717, 1.165) is 24.9 Å². The third-order valence-electron chi connectivity index (χ3n) is 4.07. The fourth-order valence-electron chi connectivity index (χ4n) is 2.49. The highest BCUT2D eigenvalue weighted by Gasteiger charge is 2.11. The first kappa shape index (κ1) is 24.9. The Morgan fingerprint density at radius 1 is 1.17 bits per heavy atom. The van der Waals surface area contributed by atoms with E-state index in [0.29, 0.717) is 16.7 Å². The van der Waals surface area contributed by atoms with Crippen molar-refractivity contribution in [2.24, 2.45) is 0 Å². The zero-order valence-corrected chi connectivity index (χ0v) is 17.8. The predicted molar refractivity (Wildman–Crippen MR) is 111 cm³/mol. The molecular formula is C20H26Cl2N2O5. The van der Waals surface area contributed by atoms with Crippen molar-refractivity contribution in [3.05, 3.63) is 52.5 Å². The van der Waals surface area contributed by atoms with E-state index >= 15 is 0 Å².